The van der Waals surface area contributed by atoms with Gasteiger partial charge in [0.2, 0.25) is 11.0 Å². The molecule has 0 radical (unpaired) electrons. The number of carbonyl (C=O) groups is 1. The number of hydrogen-bond acceptors (Lipinski definition) is 5. The highest BCUT2D eigenvalue weighted by atomic mass is 32.1. The second-order valence-electron chi connectivity index (χ2n) is 7.12. The van der Waals surface area contributed by atoms with E-state index in [0.717, 1.165) is 30.0 Å². The molecule has 1 saturated carbocycles. The molecular formula is C19H23FN4OS. The van der Waals surface area contributed by atoms with Gasteiger partial charge < -0.3 is 5.32 Å². The molecule has 1 amide bonds. The van der Waals surface area contributed by atoms with Gasteiger partial charge >= 0.3 is 0 Å². The van der Waals surface area contributed by atoms with Crippen LogP contribution in [0.15, 0.2) is 24.3 Å². The number of amides is 1. The molecule has 1 aliphatic heterocycles. The second-order valence-corrected chi connectivity index (χ2v) is 8.13. The summed E-state index contributed by atoms with van der Waals surface area (Å²) < 4.78 is 13.2. The molecule has 2 heterocycles. The van der Waals surface area contributed by atoms with Gasteiger partial charge in [-0.15, -0.1) is 10.2 Å². The minimum Gasteiger partial charge on any atom is -0.300 e. The zero-order valence-corrected chi connectivity index (χ0v) is 15.5. The van der Waals surface area contributed by atoms with E-state index in [1.54, 1.807) is 0 Å². The summed E-state index contributed by atoms with van der Waals surface area (Å²) in [6.07, 6.45) is 6.15. The van der Waals surface area contributed by atoms with Crippen molar-refractivity contribution < 1.29 is 9.18 Å². The fraction of sp³-hybridized carbons (Fsp3) is 0.526. The monoisotopic (exact) mass is 374 g/mol. The first kappa shape index (κ1) is 17.5. The minimum atomic E-state index is -0.210. The topological polar surface area (TPSA) is 58.1 Å². The molecule has 1 aliphatic carbocycles. The van der Waals surface area contributed by atoms with Crippen molar-refractivity contribution in [2.45, 2.75) is 50.5 Å². The molecule has 1 aromatic carbocycles. The predicted molar refractivity (Wildman–Crippen MR) is 99.7 cm³/mol. The van der Waals surface area contributed by atoms with Crippen molar-refractivity contribution in [3.8, 4) is 0 Å². The molecule has 0 spiro atoms. The first-order chi connectivity index (χ1) is 12.7. The molecule has 5 nitrogen and oxygen atoms in total. The number of benzene rings is 1. The van der Waals surface area contributed by atoms with Crippen molar-refractivity contribution in [2.75, 3.05) is 18.4 Å². The van der Waals surface area contributed by atoms with Gasteiger partial charge in [-0.2, -0.15) is 0 Å². The number of nitrogens with one attached hydrogen (secondary N) is 1. The van der Waals surface area contributed by atoms with Crippen LogP contribution in [0.25, 0.3) is 0 Å². The van der Waals surface area contributed by atoms with E-state index >= 15 is 0 Å². The molecular weight excluding hydrogens is 351 g/mol. The highest BCUT2D eigenvalue weighted by molar-refractivity contribution is 7.15. The highest BCUT2D eigenvalue weighted by Gasteiger charge is 2.28. The van der Waals surface area contributed by atoms with Crippen LogP contribution in [0.2, 0.25) is 0 Å². The lowest BCUT2D eigenvalue weighted by atomic mass is 9.95. The van der Waals surface area contributed by atoms with Gasteiger partial charge in [0.15, 0.2) is 0 Å². The van der Waals surface area contributed by atoms with Crippen LogP contribution in [-0.2, 0) is 4.79 Å². The molecule has 2 fully saturated rings. The van der Waals surface area contributed by atoms with Crippen molar-refractivity contribution in [3.05, 3.63) is 40.7 Å². The summed E-state index contributed by atoms with van der Waals surface area (Å²) in [5.74, 6) is 0.327. The number of hydrogen-bond donors (Lipinski definition) is 1. The summed E-state index contributed by atoms with van der Waals surface area (Å²) in [6, 6.07) is 7.02. The predicted octanol–water partition coefficient (Wildman–Crippen LogP) is 4.11. The number of rotatable bonds is 6. The van der Waals surface area contributed by atoms with Crippen molar-refractivity contribution in [1.29, 1.82) is 0 Å². The third kappa shape index (κ3) is 4.27. The summed E-state index contributed by atoms with van der Waals surface area (Å²) in [6.45, 7) is 1.67. The van der Waals surface area contributed by atoms with E-state index in [1.807, 2.05) is 12.1 Å². The maximum absolute atomic E-state index is 13.2. The van der Waals surface area contributed by atoms with Crippen LogP contribution in [0.3, 0.4) is 0 Å². The summed E-state index contributed by atoms with van der Waals surface area (Å²) >= 11 is 1.49. The lowest BCUT2D eigenvalue weighted by Crippen LogP contribution is -2.35. The Labute approximate surface area is 156 Å². The third-order valence-corrected chi connectivity index (χ3v) is 6.11. The molecule has 2 aliphatic rings. The molecule has 2 aromatic rings. The van der Waals surface area contributed by atoms with Gasteiger partial charge in [0.25, 0.3) is 0 Å². The van der Waals surface area contributed by atoms with Gasteiger partial charge in [-0.1, -0.05) is 29.9 Å². The van der Waals surface area contributed by atoms with E-state index in [4.69, 9.17) is 0 Å². The molecule has 0 bridgehead atoms. The van der Waals surface area contributed by atoms with Crippen molar-refractivity contribution in [3.63, 3.8) is 0 Å². The summed E-state index contributed by atoms with van der Waals surface area (Å²) in [5, 5.41) is 12.7. The Balaban J connectivity index is 1.32. The highest BCUT2D eigenvalue weighted by Crippen LogP contribution is 2.42. The largest absolute Gasteiger partial charge is 0.300 e. The van der Waals surface area contributed by atoms with Crippen LogP contribution in [0.5, 0.6) is 0 Å². The lowest BCUT2D eigenvalue weighted by molar-refractivity contribution is -0.116. The molecule has 1 atom stereocenters. The molecule has 7 heteroatoms. The van der Waals surface area contributed by atoms with Crippen LogP contribution < -0.4 is 5.32 Å². The van der Waals surface area contributed by atoms with Gasteiger partial charge in [0.1, 0.15) is 10.8 Å². The fourth-order valence-electron chi connectivity index (χ4n) is 3.53. The quantitative estimate of drug-likeness (QED) is 0.827. The minimum absolute atomic E-state index is 0.0214. The number of halogens is 1. The van der Waals surface area contributed by atoms with Gasteiger partial charge in [-0.3, -0.25) is 9.69 Å². The molecule has 1 N–H and O–H groups in total. The normalized spacial score (nSPS) is 20.9. The average molecular weight is 374 g/mol. The van der Waals surface area contributed by atoms with E-state index in [0.29, 0.717) is 24.0 Å². The Kier molecular flexibility index (Phi) is 5.26. The van der Waals surface area contributed by atoms with Crippen LogP contribution >= 0.6 is 11.3 Å². The van der Waals surface area contributed by atoms with E-state index < -0.39 is 0 Å². The van der Waals surface area contributed by atoms with Gasteiger partial charge in [0, 0.05) is 24.9 Å². The molecule has 4 rings (SSSR count). The lowest BCUT2D eigenvalue weighted by Gasteiger charge is -2.36. The number of carbonyl (C=O) groups excluding carboxylic acids is 1. The fourth-order valence-corrected chi connectivity index (χ4v) is 4.46. The molecule has 26 heavy (non-hydrogen) atoms. The van der Waals surface area contributed by atoms with Crippen molar-refractivity contribution in [1.82, 2.24) is 15.1 Å². The van der Waals surface area contributed by atoms with Crippen LogP contribution in [0, 0.1) is 5.82 Å². The van der Waals surface area contributed by atoms with Crippen LogP contribution in [0.1, 0.15) is 61.1 Å². The first-order valence-electron chi connectivity index (χ1n) is 9.32. The summed E-state index contributed by atoms with van der Waals surface area (Å²) in [5.41, 5.74) is 1.13. The molecule has 1 aromatic heterocycles. The van der Waals surface area contributed by atoms with E-state index in [-0.39, 0.29) is 17.8 Å². The standard InChI is InChI=1S/C19H23FN4OS/c20-15-8-6-13(7-9-15)16-3-1-2-11-24(16)12-10-17(25)21-19-23-22-18(26-19)14-4-5-14/h6-9,14,16H,1-5,10-12H2,(H,21,23,25)/t16-/m0/s1. The van der Waals surface area contributed by atoms with Crippen molar-refractivity contribution >= 4 is 22.4 Å². The Bertz CT molecular complexity index is 759. The van der Waals surface area contributed by atoms with Gasteiger partial charge in [0.05, 0.1) is 0 Å². The maximum Gasteiger partial charge on any atom is 0.227 e. The Morgan fingerprint density at radius 1 is 1.19 bits per heavy atom. The van der Waals surface area contributed by atoms with Crippen LogP contribution in [0.4, 0.5) is 9.52 Å². The Morgan fingerprint density at radius 2 is 2.00 bits per heavy atom. The van der Waals surface area contributed by atoms with Gasteiger partial charge in [-0.25, -0.2) is 4.39 Å². The number of nitrogens with zero attached hydrogens (tertiary/aromatic N) is 3. The smallest absolute Gasteiger partial charge is 0.227 e. The molecule has 0 unspecified atom stereocenters. The van der Waals surface area contributed by atoms with Crippen LogP contribution in [-0.4, -0.2) is 34.1 Å². The SMILES string of the molecule is O=C(CCN1CCCC[C@H]1c1ccc(F)cc1)Nc1nnc(C2CC2)s1. The van der Waals surface area contributed by atoms with Gasteiger partial charge in [-0.05, 0) is 49.9 Å². The molecule has 1 saturated heterocycles. The molecule has 138 valence electrons. The van der Waals surface area contributed by atoms with E-state index in [9.17, 15) is 9.18 Å². The van der Waals surface area contributed by atoms with Crippen molar-refractivity contribution in [2.24, 2.45) is 0 Å². The Morgan fingerprint density at radius 3 is 2.77 bits per heavy atom. The third-order valence-electron chi connectivity index (χ3n) is 5.11. The number of piperidine rings is 1. The number of likely N-dealkylation sites (tertiary alicyclic amines) is 1. The summed E-state index contributed by atoms with van der Waals surface area (Å²) in [7, 11) is 0. The zero-order valence-electron chi connectivity index (χ0n) is 14.7. The second kappa shape index (κ2) is 7.80. The van der Waals surface area contributed by atoms with E-state index in [2.05, 4.69) is 20.4 Å². The number of anilines is 1. The summed E-state index contributed by atoms with van der Waals surface area (Å²) in [4.78, 5) is 14.6. The first-order valence-corrected chi connectivity index (χ1v) is 10.1. The maximum atomic E-state index is 13.2. The number of aromatic nitrogens is 2. The average Bonchev–Trinajstić information content (AvgIpc) is 3.41. The Hall–Kier alpha value is -1.86. The zero-order chi connectivity index (χ0) is 17.9. The van der Waals surface area contributed by atoms with E-state index in [1.165, 1.54) is 42.7 Å².